The number of nitrogens with one attached hydrogen (secondary N) is 1. The summed E-state index contributed by atoms with van der Waals surface area (Å²) >= 11 is 5.88. The Morgan fingerprint density at radius 1 is 1.24 bits per heavy atom. The van der Waals surface area contributed by atoms with Gasteiger partial charge in [-0.1, -0.05) is 30.7 Å². The van der Waals surface area contributed by atoms with Crippen molar-refractivity contribution >= 4 is 17.4 Å². The van der Waals surface area contributed by atoms with Crippen molar-refractivity contribution in [3.05, 3.63) is 62.3 Å². The minimum Gasteiger partial charge on any atom is -0.275 e. The van der Waals surface area contributed by atoms with Crippen molar-refractivity contribution in [2.24, 2.45) is 0 Å². The smallest absolute Gasteiger partial charge is 0.275 e. The van der Waals surface area contributed by atoms with Crippen LogP contribution in [0, 0.1) is 6.92 Å². The molecule has 0 fully saturated rings. The van der Waals surface area contributed by atoms with Crippen LogP contribution in [0.25, 0.3) is 5.78 Å². The van der Waals surface area contributed by atoms with Crippen LogP contribution in [0.5, 0.6) is 0 Å². The summed E-state index contributed by atoms with van der Waals surface area (Å²) in [5.74, 6) is 1.18. The first-order chi connectivity index (χ1) is 10.1. The van der Waals surface area contributed by atoms with Gasteiger partial charge in [-0.25, -0.2) is 4.98 Å². The van der Waals surface area contributed by atoms with Crippen molar-refractivity contribution in [2.75, 3.05) is 0 Å². The van der Waals surface area contributed by atoms with E-state index in [1.165, 1.54) is 4.52 Å². The number of nitrogens with zero attached hydrogens (tertiary/aromatic N) is 3. The highest BCUT2D eigenvalue weighted by molar-refractivity contribution is 6.30. The molecule has 2 aromatic heterocycles. The molecule has 0 aliphatic heterocycles. The molecule has 0 amide bonds. The zero-order chi connectivity index (χ0) is 15.0. The summed E-state index contributed by atoms with van der Waals surface area (Å²) in [6.45, 7) is 3.82. The molecule has 3 rings (SSSR count). The fourth-order valence-electron chi connectivity index (χ4n) is 2.27. The van der Waals surface area contributed by atoms with E-state index < -0.39 is 0 Å². The van der Waals surface area contributed by atoms with Crippen LogP contribution in [0.1, 0.15) is 29.6 Å². The van der Waals surface area contributed by atoms with E-state index in [0.29, 0.717) is 28.5 Å². The highest BCUT2D eigenvalue weighted by Crippen LogP contribution is 2.13. The van der Waals surface area contributed by atoms with Gasteiger partial charge in [0, 0.05) is 23.4 Å². The number of halogens is 1. The van der Waals surface area contributed by atoms with Crippen molar-refractivity contribution in [3.8, 4) is 0 Å². The fraction of sp³-hybridized carbons (Fsp3) is 0.267. The number of aromatic amines is 1. The number of benzene rings is 1. The van der Waals surface area contributed by atoms with Gasteiger partial charge in [0.25, 0.3) is 11.3 Å². The first-order valence-corrected chi connectivity index (χ1v) is 7.18. The lowest BCUT2D eigenvalue weighted by Gasteiger charge is -2.05. The van der Waals surface area contributed by atoms with E-state index in [-0.39, 0.29) is 5.56 Å². The molecule has 0 aliphatic carbocycles. The van der Waals surface area contributed by atoms with E-state index >= 15 is 0 Å². The number of aryl methyl sites for hydroxylation is 2. The molecule has 0 bridgehead atoms. The predicted molar refractivity (Wildman–Crippen MR) is 82.0 cm³/mol. The molecular weight excluding hydrogens is 288 g/mol. The number of H-pyrrole nitrogens is 1. The lowest BCUT2D eigenvalue weighted by molar-refractivity contribution is 0.830. The van der Waals surface area contributed by atoms with E-state index in [1.54, 1.807) is 0 Å². The summed E-state index contributed by atoms with van der Waals surface area (Å²) in [6, 6.07) is 7.48. The minimum absolute atomic E-state index is 0.0975. The normalized spacial score (nSPS) is 11.2. The highest BCUT2D eigenvalue weighted by Gasteiger charge is 2.13. The van der Waals surface area contributed by atoms with Gasteiger partial charge in [0.2, 0.25) is 0 Å². The third kappa shape index (κ3) is 2.56. The molecule has 1 aromatic carbocycles. The molecule has 2 heterocycles. The van der Waals surface area contributed by atoms with Gasteiger partial charge < -0.3 is 0 Å². The summed E-state index contributed by atoms with van der Waals surface area (Å²) in [4.78, 5) is 21.3. The lowest BCUT2D eigenvalue weighted by atomic mass is 10.1. The molecular formula is C15H15ClN4O. The molecule has 0 spiro atoms. The molecule has 0 radical (unpaired) electrons. The average molecular weight is 303 g/mol. The van der Waals surface area contributed by atoms with Crippen molar-refractivity contribution < 1.29 is 0 Å². The Labute approximate surface area is 126 Å². The molecule has 3 aromatic rings. The Balaban J connectivity index is 2.09. The van der Waals surface area contributed by atoms with Gasteiger partial charge >= 0.3 is 0 Å². The summed E-state index contributed by atoms with van der Waals surface area (Å²) in [5, 5.41) is 3.67. The largest absolute Gasteiger partial charge is 0.277 e. The molecule has 21 heavy (non-hydrogen) atoms. The number of rotatable bonds is 3. The van der Waals surface area contributed by atoms with Gasteiger partial charge in [-0.15, -0.1) is 0 Å². The van der Waals surface area contributed by atoms with Crippen LogP contribution in [0.2, 0.25) is 5.02 Å². The van der Waals surface area contributed by atoms with E-state index in [9.17, 15) is 4.79 Å². The van der Waals surface area contributed by atoms with Crippen LogP contribution < -0.4 is 5.56 Å². The van der Waals surface area contributed by atoms with Crippen LogP contribution in [0.15, 0.2) is 29.1 Å². The lowest BCUT2D eigenvalue weighted by Crippen LogP contribution is -2.22. The van der Waals surface area contributed by atoms with Crippen molar-refractivity contribution in [3.63, 3.8) is 0 Å². The van der Waals surface area contributed by atoms with Gasteiger partial charge in [-0.05, 0) is 24.6 Å². The Morgan fingerprint density at radius 3 is 2.62 bits per heavy atom. The standard InChI is InChI=1S/C15H15ClN4O/c1-3-13-18-15-17-9(2)12(14(21)20(15)19-13)8-10-4-6-11(16)7-5-10/h4-7H,3,8H2,1-2H3,(H,17,18,19). The first kappa shape index (κ1) is 13.8. The molecule has 6 heteroatoms. The molecule has 108 valence electrons. The SMILES string of the molecule is CCc1nc2nc(C)c(Cc3ccc(Cl)cc3)c(=O)n2[nH]1. The Morgan fingerprint density at radius 2 is 1.95 bits per heavy atom. The Kier molecular flexibility index (Phi) is 3.51. The summed E-state index contributed by atoms with van der Waals surface area (Å²) in [5.41, 5.74) is 2.31. The maximum Gasteiger partial charge on any atom is 0.277 e. The second-order valence-electron chi connectivity index (χ2n) is 4.94. The molecule has 5 nitrogen and oxygen atoms in total. The van der Waals surface area contributed by atoms with Gasteiger partial charge in [0.05, 0.1) is 5.69 Å². The maximum absolute atomic E-state index is 12.6. The van der Waals surface area contributed by atoms with Crippen LogP contribution >= 0.6 is 11.6 Å². The molecule has 0 saturated carbocycles. The fourth-order valence-corrected chi connectivity index (χ4v) is 2.39. The predicted octanol–water partition coefficient (Wildman–Crippen LogP) is 2.53. The first-order valence-electron chi connectivity index (χ1n) is 6.80. The number of hydrogen-bond donors (Lipinski definition) is 1. The van der Waals surface area contributed by atoms with Gasteiger partial charge in [-0.2, -0.15) is 9.50 Å². The average Bonchev–Trinajstić information content (AvgIpc) is 2.88. The highest BCUT2D eigenvalue weighted by atomic mass is 35.5. The molecule has 0 aliphatic rings. The van der Waals surface area contributed by atoms with Crippen LogP contribution in [0.3, 0.4) is 0 Å². The van der Waals surface area contributed by atoms with Gasteiger partial charge in [0.1, 0.15) is 5.82 Å². The van der Waals surface area contributed by atoms with Crippen LogP contribution in [0.4, 0.5) is 0 Å². The second-order valence-corrected chi connectivity index (χ2v) is 5.38. The third-order valence-corrected chi connectivity index (χ3v) is 3.72. The maximum atomic E-state index is 12.6. The zero-order valence-corrected chi connectivity index (χ0v) is 12.6. The van der Waals surface area contributed by atoms with Gasteiger partial charge in [-0.3, -0.25) is 9.89 Å². The number of aromatic nitrogens is 4. The summed E-state index contributed by atoms with van der Waals surface area (Å²) in [7, 11) is 0. The van der Waals surface area contributed by atoms with Crippen LogP contribution in [-0.2, 0) is 12.8 Å². The Bertz CT molecular complexity index is 848. The van der Waals surface area contributed by atoms with Gasteiger partial charge in [0.15, 0.2) is 0 Å². The summed E-state index contributed by atoms with van der Waals surface area (Å²) < 4.78 is 1.41. The van der Waals surface area contributed by atoms with E-state index in [4.69, 9.17) is 11.6 Å². The zero-order valence-electron chi connectivity index (χ0n) is 11.9. The number of hydrogen-bond acceptors (Lipinski definition) is 3. The third-order valence-electron chi connectivity index (χ3n) is 3.47. The molecule has 0 atom stereocenters. The van der Waals surface area contributed by atoms with E-state index in [1.807, 2.05) is 38.1 Å². The topological polar surface area (TPSA) is 63.1 Å². The molecule has 1 N–H and O–H groups in total. The quantitative estimate of drug-likeness (QED) is 0.808. The van der Waals surface area contributed by atoms with Crippen molar-refractivity contribution in [1.82, 2.24) is 19.6 Å². The minimum atomic E-state index is -0.0975. The van der Waals surface area contributed by atoms with Crippen LogP contribution in [-0.4, -0.2) is 19.6 Å². The van der Waals surface area contributed by atoms with E-state index in [2.05, 4.69) is 15.1 Å². The Hall–Kier alpha value is -2.14. The molecule has 0 saturated heterocycles. The van der Waals surface area contributed by atoms with Crippen molar-refractivity contribution in [2.45, 2.75) is 26.7 Å². The van der Waals surface area contributed by atoms with Crippen molar-refractivity contribution in [1.29, 1.82) is 0 Å². The summed E-state index contributed by atoms with van der Waals surface area (Å²) in [6.07, 6.45) is 1.26. The monoisotopic (exact) mass is 302 g/mol. The van der Waals surface area contributed by atoms with E-state index in [0.717, 1.165) is 17.8 Å². The molecule has 0 unspecified atom stereocenters. The number of fused-ring (bicyclic) bond motifs is 1. The second kappa shape index (κ2) is 5.33.